The molecule has 0 saturated heterocycles. The summed E-state index contributed by atoms with van der Waals surface area (Å²) in [5.74, 6) is 0. The van der Waals surface area contributed by atoms with Gasteiger partial charge in [-0.25, -0.2) is 4.76 Å². The zero-order chi connectivity index (χ0) is 9.07. The zero-order valence-electron chi connectivity index (χ0n) is 7.66. The van der Waals surface area contributed by atoms with Gasteiger partial charge in [-0.2, -0.15) is 0 Å². The summed E-state index contributed by atoms with van der Waals surface area (Å²) in [6, 6.07) is 0. The number of amidine groups is 1. The van der Waals surface area contributed by atoms with Crippen molar-refractivity contribution in [3.63, 3.8) is 0 Å². The second kappa shape index (κ2) is 4.17. The van der Waals surface area contributed by atoms with Gasteiger partial charge in [-0.15, -0.1) is 0 Å². The highest BCUT2D eigenvalue weighted by molar-refractivity contribution is 8.13. The van der Waals surface area contributed by atoms with Crippen molar-refractivity contribution in [3.05, 3.63) is 0 Å². The minimum atomic E-state index is -2.27. The van der Waals surface area contributed by atoms with Gasteiger partial charge < -0.3 is 4.90 Å². The third-order valence-electron chi connectivity index (χ3n) is 0.892. The number of hydrogen-bond donors (Lipinski definition) is 0. The van der Waals surface area contributed by atoms with E-state index in [4.69, 9.17) is 0 Å². The summed E-state index contributed by atoms with van der Waals surface area (Å²) in [5, 5.41) is 0.818. The van der Waals surface area contributed by atoms with Crippen molar-refractivity contribution < 1.29 is 4.57 Å². The van der Waals surface area contributed by atoms with Crippen molar-refractivity contribution in [1.29, 1.82) is 0 Å². The van der Waals surface area contributed by atoms with Gasteiger partial charge in [0, 0.05) is 27.4 Å². The summed E-state index contributed by atoms with van der Waals surface area (Å²) in [4.78, 5) is 1.87. The van der Waals surface area contributed by atoms with Crippen LogP contribution in [0.2, 0.25) is 0 Å². The molecule has 0 fully saturated rings. The van der Waals surface area contributed by atoms with Crippen molar-refractivity contribution in [2.45, 2.75) is 0 Å². The zero-order valence-corrected chi connectivity index (χ0v) is 9.37. The second-order valence-electron chi connectivity index (χ2n) is 2.78. The van der Waals surface area contributed by atoms with E-state index in [0.29, 0.717) is 0 Å². The van der Waals surface area contributed by atoms with Crippen molar-refractivity contribution in [2.75, 3.05) is 33.7 Å². The second-order valence-corrected chi connectivity index (χ2v) is 6.34. The summed E-state index contributed by atoms with van der Waals surface area (Å²) in [6.45, 7) is 3.32. The molecule has 0 heterocycles. The first-order chi connectivity index (χ1) is 4.87. The number of thioether (sulfide) groups is 1. The maximum atomic E-state index is 11.3. The fraction of sp³-hybridized carbons (Fsp3) is 0.833. The van der Waals surface area contributed by atoms with Gasteiger partial charge >= 0.3 is 0 Å². The lowest BCUT2D eigenvalue weighted by Gasteiger charge is -2.13. The Morgan fingerprint density at radius 3 is 2.00 bits per heavy atom. The van der Waals surface area contributed by atoms with Gasteiger partial charge in [0.05, 0.1) is 0 Å². The first-order valence-electron chi connectivity index (χ1n) is 3.23. The smallest absolute Gasteiger partial charge is 0.186 e. The molecule has 0 N–H and O–H groups in total. The molecule has 0 aromatic rings. The lowest BCUT2D eigenvalue weighted by Crippen LogP contribution is -2.17. The molecule has 0 spiro atoms. The fourth-order valence-electron chi connectivity index (χ4n) is 0.519. The minimum absolute atomic E-state index is 0.818. The molecular formula is C6H15N2OPS. The van der Waals surface area contributed by atoms with E-state index in [0.717, 1.165) is 5.17 Å². The van der Waals surface area contributed by atoms with Crippen LogP contribution in [0, 0.1) is 0 Å². The Hall–Kier alpha value is 0.0500. The van der Waals surface area contributed by atoms with Crippen molar-refractivity contribution in [3.8, 4) is 0 Å². The summed E-state index contributed by atoms with van der Waals surface area (Å²) < 4.78 is 15.3. The first kappa shape index (κ1) is 11.1. The molecule has 0 atom stereocenters. The Morgan fingerprint density at radius 2 is 1.91 bits per heavy atom. The Kier molecular flexibility index (Phi) is 4.19. The SMILES string of the molecule is CSC(=NP(C)(C)=O)N(C)C. The summed E-state index contributed by atoms with van der Waals surface area (Å²) >= 11 is 1.51. The van der Waals surface area contributed by atoms with Gasteiger partial charge in [-0.3, -0.25) is 4.57 Å². The normalized spacial score (nSPS) is 13.4. The third kappa shape index (κ3) is 5.33. The molecule has 0 aliphatic rings. The maximum Gasteiger partial charge on any atom is 0.186 e. The van der Waals surface area contributed by atoms with Gasteiger partial charge in [0.25, 0.3) is 0 Å². The fourth-order valence-corrected chi connectivity index (χ4v) is 2.39. The summed E-state index contributed by atoms with van der Waals surface area (Å²) in [6.07, 6.45) is 1.93. The summed E-state index contributed by atoms with van der Waals surface area (Å²) in [5.41, 5.74) is 0. The first-order valence-corrected chi connectivity index (χ1v) is 7.01. The minimum Gasteiger partial charge on any atom is -0.357 e. The molecule has 0 radical (unpaired) electrons. The van der Waals surface area contributed by atoms with E-state index in [1.54, 1.807) is 13.3 Å². The molecule has 0 unspecified atom stereocenters. The Labute approximate surface area is 72.7 Å². The van der Waals surface area contributed by atoms with Gasteiger partial charge in [0.1, 0.15) is 0 Å². The molecule has 66 valence electrons. The van der Waals surface area contributed by atoms with Crippen molar-refractivity contribution in [2.24, 2.45) is 4.76 Å². The topological polar surface area (TPSA) is 32.7 Å². The van der Waals surface area contributed by atoms with E-state index in [1.165, 1.54) is 11.8 Å². The molecule has 0 amide bonds. The lowest BCUT2D eigenvalue weighted by atomic mass is 10.9. The standard InChI is InChI=1S/C6H15N2OPS/c1-8(2)6(11-5)7-10(3,4)9/h1-5H3. The van der Waals surface area contributed by atoms with E-state index in [-0.39, 0.29) is 0 Å². The lowest BCUT2D eigenvalue weighted by molar-refractivity contribution is 0.581. The maximum absolute atomic E-state index is 11.3. The highest BCUT2D eigenvalue weighted by Crippen LogP contribution is 2.38. The predicted molar refractivity (Wildman–Crippen MR) is 54.1 cm³/mol. The van der Waals surface area contributed by atoms with E-state index >= 15 is 0 Å². The van der Waals surface area contributed by atoms with Crippen LogP contribution in [-0.4, -0.2) is 43.7 Å². The Morgan fingerprint density at radius 1 is 1.45 bits per heavy atom. The molecule has 0 aliphatic carbocycles. The highest BCUT2D eigenvalue weighted by atomic mass is 32.2. The molecule has 0 aromatic carbocycles. The largest absolute Gasteiger partial charge is 0.357 e. The van der Waals surface area contributed by atoms with Crippen LogP contribution < -0.4 is 0 Å². The van der Waals surface area contributed by atoms with Gasteiger partial charge in [0.15, 0.2) is 12.5 Å². The highest BCUT2D eigenvalue weighted by Gasteiger charge is 2.07. The molecule has 0 rings (SSSR count). The van der Waals surface area contributed by atoms with Crippen molar-refractivity contribution >= 4 is 24.2 Å². The van der Waals surface area contributed by atoms with E-state index in [1.807, 2.05) is 25.3 Å². The molecular weight excluding hydrogens is 179 g/mol. The van der Waals surface area contributed by atoms with Crippen LogP contribution in [0.1, 0.15) is 0 Å². The van der Waals surface area contributed by atoms with Gasteiger partial charge in [0.2, 0.25) is 0 Å². The Bertz CT molecular complexity index is 197. The van der Waals surface area contributed by atoms with E-state index in [2.05, 4.69) is 4.76 Å². The molecule has 0 saturated carbocycles. The molecule has 3 nitrogen and oxygen atoms in total. The van der Waals surface area contributed by atoms with Crippen LogP contribution >= 0.6 is 19.1 Å². The van der Waals surface area contributed by atoms with Gasteiger partial charge in [-0.1, -0.05) is 11.8 Å². The molecule has 0 aromatic heterocycles. The number of nitrogens with zero attached hydrogens (tertiary/aromatic N) is 2. The number of hydrogen-bond acceptors (Lipinski definition) is 2. The molecule has 11 heavy (non-hydrogen) atoms. The monoisotopic (exact) mass is 194 g/mol. The average Bonchev–Trinajstić information content (AvgIpc) is 1.80. The van der Waals surface area contributed by atoms with Crippen molar-refractivity contribution in [1.82, 2.24) is 4.90 Å². The van der Waals surface area contributed by atoms with Crippen LogP contribution in [0.4, 0.5) is 0 Å². The van der Waals surface area contributed by atoms with E-state index in [9.17, 15) is 4.57 Å². The van der Waals surface area contributed by atoms with Gasteiger partial charge in [-0.05, 0) is 6.26 Å². The molecule has 0 bridgehead atoms. The third-order valence-corrected chi connectivity index (χ3v) is 2.52. The van der Waals surface area contributed by atoms with Crippen LogP contribution in [-0.2, 0) is 4.57 Å². The van der Waals surface area contributed by atoms with Crippen LogP contribution in [0.15, 0.2) is 4.76 Å². The quantitative estimate of drug-likeness (QED) is 0.362. The molecule has 5 heteroatoms. The predicted octanol–water partition coefficient (Wildman–Crippen LogP) is 1.80. The Balaban J connectivity index is 4.50. The van der Waals surface area contributed by atoms with Crippen LogP contribution in [0.5, 0.6) is 0 Å². The van der Waals surface area contributed by atoms with Crippen LogP contribution in [0.25, 0.3) is 0 Å². The van der Waals surface area contributed by atoms with E-state index < -0.39 is 7.29 Å². The average molecular weight is 194 g/mol. The number of rotatable bonds is 1. The summed E-state index contributed by atoms with van der Waals surface area (Å²) in [7, 11) is 1.52. The molecule has 0 aliphatic heterocycles. The van der Waals surface area contributed by atoms with Crippen LogP contribution in [0.3, 0.4) is 0 Å².